The minimum atomic E-state index is 0.804. The highest BCUT2D eigenvalue weighted by Crippen LogP contribution is 2.15. The molecule has 2 aromatic rings. The molecule has 0 saturated carbocycles. The van der Waals surface area contributed by atoms with Crippen molar-refractivity contribution in [3.05, 3.63) is 42.2 Å². The van der Waals surface area contributed by atoms with Crippen molar-refractivity contribution in [3.63, 3.8) is 0 Å². The summed E-state index contributed by atoms with van der Waals surface area (Å²) in [5, 5.41) is 0. The van der Waals surface area contributed by atoms with Crippen molar-refractivity contribution in [2.75, 3.05) is 5.84 Å². The Bertz CT molecular complexity index is 403. The van der Waals surface area contributed by atoms with Gasteiger partial charge >= 0.3 is 0 Å². The lowest BCUT2D eigenvalue weighted by Crippen LogP contribution is -2.07. The van der Waals surface area contributed by atoms with Gasteiger partial charge in [0.1, 0.15) is 0 Å². The molecule has 2 N–H and O–H groups in total. The predicted octanol–water partition coefficient (Wildman–Crippen LogP) is 1.57. The zero-order valence-electron chi connectivity index (χ0n) is 7.44. The number of imidazole rings is 1. The number of aromatic nitrogens is 2. The minimum Gasteiger partial charge on any atom is -0.338 e. The fourth-order valence-electron chi connectivity index (χ4n) is 1.32. The number of aryl methyl sites for hydroxylation is 1. The van der Waals surface area contributed by atoms with Gasteiger partial charge in [-0.15, -0.1) is 0 Å². The zero-order chi connectivity index (χ0) is 9.26. The van der Waals surface area contributed by atoms with Gasteiger partial charge in [0.05, 0.1) is 5.69 Å². The van der Waals surface area contributed by atoms with E-state index >= 15 is 0 Å². The van der Waals surface area contributed by atoms with E-state index in [2.05, 4.69) is 4.98 Å². The van der Waals surface area contributed by atoms with Gasteiger partial charge in [0, 0.05) is 11.8 Å². The van der Waals surface area contributed by atoms with E-state index in [4.69, 9.17) is 5.84 Å². The van der Waals surface area contributed by atoms with Crippen LogP contribution in [-0.4, -0.2) is 9.66 Å². The van der Waals surface area contributed by atoms with Crippen molar-refractivity contribution in [2.24, 2.45) is 0 Å². The van der Waals surface area contributed by atoms with Crippen LogP contribution in [0, 0.1) is 6.92 Å². The summed E-state index contributed by atoms with van der Waals surface area (Å²) in [5.74, 6) is 6.53. The molecule has 0 spiro atoms. The topological polar surface area (TPSA) is 43.8 Å². The van der Waals surface area contributed by atoms with Gasteiger partial charge in [0.25, 0.3) is 0 Å². The summed E-state index contributed by atoms with van der Waals surface area (Å²) in [6, 6.07) is 9.90. The van der Waals surface area contributed by atoms with E-state index in [1.165, 1.54) is 0 Å². The number of nitrogens with zero attached hydrogens (tertiary/aromatic N) is 2. The summed E-state index contributed by atoms with van der Waals surface area (Å²) in [6.45, 7) is 1.93. The van der Waals surface area contributed by atoms with Crippen LogP contribution >= 0.6 is 0 Å². The Morgan fingerprint density at radius 1 is 1.23 bits per heavy atom. The van der Waals surface area contributed by atoms with E-state index in [0.29, 0.717) is 0 Å². The van der Waals surface area contributed by atoms with E-state index in [1.54, 1.807) is 4.68 Å². The smallest absolute Gasteiger partial charge is 0.158 e. The molecule has 0 bridgehead atoms. The third kappa shape index (κ3) is 1.40. The molecule has 0 atom stereocenters. The lowest BCUT2D eigenvalue weighted by molar-refractivity contribution is 1.01. The van der Waals surface area contributed by atoms with E-state index in [0.717, 1.165) is 17.1 Å². The monoisotopic (exact) mass is 173 g/mol. The molecule has 0 aliphatic carbocycles. The molecule has 66 valence electrons. The average molecular weight is 173 g/mol. The first-order valence-corrected chi connectivity index (χ1v) is 4.14. The van der Waals surface area contributed by atoms with Crippen molar-refractivity contribution in [1.29, 1.82) is 0 Å². The number of nitrogens with two attached hydrogens (primary N) is 1. The van der Waals surface area contributed by atoms with Crippen LogP contribution in [0.25, 0.3) is 11.4 Å². The second kappa shape index (κ2) is 2.94. The van der Waals surface area contributed by atoms with Gasteiger partial charge in [-0.05, 0) is 6.92 Å². The minimum absolute atomic E-state index is 0.804. The highest BCUT2D eigenvalue weighted by atomic mass is 15.3. The summed E-state index contributed by atoms with van der Waals surface area (Å²) in [5.41, 5.74) is 1.97. The molecule has 1 heterocycles. The largest absolute Gasteiger partial charge is 0.338 e. The second-order valence-corrected chi connectivity index (χ2v) is 2.98. The lowest BCUT2D eigenvalue weighted by atomic mass is 10.2. The highest BCUT2D eigenvalue weighted by Gasteiger charge is 2.04. The maximum Gasteiger partial charge on any atom is 0.158 e. The van der Waals surface area contributed by atoms with Crippen LogP contribution in [0.15, 0.2) is 36.5 Å². The molecule has 0 unspecified atom stereocenters. The van der Waals surface area contributed by atoms with Crippen molar-refractivity contribution in [3.8, 4) is 11.4 Å². The van der Waals surface area contributed by atoms with E-state index < -0.39 is 0 Å². The van der Waals surface area contributed by atoms with Crippen molar-refractivity contribution >= 4 is 0 Å². The van der Waals surface area contributed by atoms with Crippen LogP contribution in [-0.2, 0) is 0 Å². The Balaban J connectivity index is 2.53. The molecule has 0 radical (unpaired) electrons. The zero-order valence-corrected chi connectivity index (χ0v) is 7.44. The van der Waals surface area contributed by atoms with Crippen molar-refractivity contribution in [2.45, 2.75) is 6.92 Å². The van der Waals surface area contributed by atoms with Gasteiger partial charge < -0.3 is 5.84 Å². The number of hydrogen-bond acceptors (Lipinski definition) is 2. The Hall–Kier alpha value is -1.77. The molecule has 2 rings (SSSR count). The fraction of sp³-hybridized carbons (Fsp3) is 0.100. The summed E-state index contributed by atoms with van der Waals surface area (Å²) in [4.78, 5) is 4.32. The molecule has 3 heteroatoms. The van der Waals surface area contributed by atoms with Crippen molar-refractivity contribution in [1.82, 2.24) is 9.66 Å². The summed E-state index contributed by atoms with van der Waals surface area (Å²) in [6.07, 6.45) is 1.81. The maximum absolute atomic E-state index is 5.73. The van der Waals surface area contributed by atoms with Gasteiger partial charge in [-0.3, -0.25) is 4.68 Å². The van der Waals surface area contributed by atoms with E-state index in [9.17, 15) is 0 Å². The number of benzene rings is 1. The normalized spacial score (nSPS) is 10.2. The van der Waals surface area contributed by atoms with Crippen LogP contribution in [0.4, 0.5) is 0 Å². The summed E-state index contributed by atoms with van der Waals surface area (Å²) >= 11 is 0. The Morgan fingerprint density at radius 3 is 2.46 bits per heavy atom. The Kier molecular flexibility index (Phi) is 1.77. The van der Waals surface area contributed by atoms with Gasteiger partial charge in [0.15, 0.2) is 5.82 Å². The molecule has 0 saturated heterocycles. The summed E-state index contributed by atoms with van der Waals surface area (Å²) < 4.78 is 1.55. The molecule has 1 aromatic heterocycles. The first kappa shape index (κ1) is 7.86. The van der Waals surface area contributed by atoms with Crippen LogP contribution in [0.1, 0.15) is 5.69 Å². The third-order valence-corrected chi connectivity index (χ3v) is 1.88. The molecule has 13 heavy (non-hydrogen) atoms. The molecule has 3 nitrogen and oxygen atoms in total. The SMILES string of the molecule is Cc1cn(N)c(-c2ccccc2)n1. The lowest BCUT2D eigenvalue weighted by Gasteiger charge is -1.99. The Labute approximate surface area is 76.8 Å². The standard InChI is InChI=1S/C10H11N3/c1-8-7-13(11)10(12-8)9-5-3-2-4-6-9/h2-7H,11H2,1H3. The molecule has 1 aromatic carbocycles. The number of nitrogen functional groups attached to an aromatic ring is 1. The average Bonchev–Trinajstić information content (AvgIpc) is 2.47. The quantitative estimate of drug-likeness (QED) is 0.665. The van der Waals surface area contributed by atoms with Crippen LogP contribution < -0.4 is 5.84 Å². The first-order chi connectivity index (χ1) is 6.27. The molecule has 0 aliphatic heterocycles. The van der Waals surface area contributed by atoms with Gasteiger partial charge in [0.2, 0.25) is 0 Å². The molecule has 0 fully saturated rings. The third-order valence-electron chi connectivity index (χ3n) is 1.88. The highest BCUT2D eigenvalue weighted by molar-refractivity contribution is 5.55. The van der Waals surface area contributed by atoms with Crippen molar-refractivity contribution < 1.29 is 0 Å². The number of rotatable bonds is 1. The van der Waals surface area contributed by atoms with Gasteiger partial charge in [-0.2, -0.15) is 0 Å². The van der Waals surface area contributed by atoms with Crippen LogP contribution in [0.2, 0.25) is 0 Å². The molecular formula is C10H11N3. The van der Waals surface area contributed by atoms with Crippen LogP contribution in [0.3, 0.4) is 0 Å². The van der Waals surface area contributed by atoms with E-state index in [-0.39, 0.29) is 0 Å². The van der Waals surface area contributed by atoms with Gasteiger partial charge in [-0.1, -0.05) is 30.3 Å². The van der Waals surface area contributed by atoms with E-state index in [1.807, 2.05) is 43.5 Å². The fourth-order valence-corrected chi connectivity index (χ4v) is 1.32. The number of hydrogen-bond donors (Lipinski definition) is 1. The first-order valence-electron chi connectivity index (χ1n) is 4.14. The maximum atomic E-state index is 5.73. The Morgan fingerprint density at radius 2 is 1.92 bits per heavy atom. The molecular weight excluding hydrogens is 162 g/mol. The molecule has 0 aliphatic rings. The van der Waals surface area contributed by atoms with Crippen LogP contribution in [0.5, 0.6) is 0 Å². The molecule has 0 amide bonds. The predicted molar refractivity (Wildman–Crippen MR) is 52.6 cm³/mol. The summed E-state index contributed by atoms with van der Waals surface area (Å²) in [7, 11) is 0. The van der Waals surface area contributed by atoms with Gasteiger partial charge in [-0.25, -0.2) is 4.98 Å². The second-order valence-electron chi connectivity index (χ2n) is 2.98.